The van der Waals surface area contributed by atoms with Crippen LogP contribution in [0.4, 0.5) is 0 Å². The monoisotopic (exact) mass is 364 g/mol. The average Bonchev–Trinajstić information content (AvgIpc) is 2.63. The molecule has 2 aliphatic heterocycles. The Labute approximate surface area is 151 Å². The summed E-state index contributed by atoms with van der Waals surface area (Å²) in [4.78, 5) is 39.4. The fourth-order valence-corrected chi connectivity index (χ4v) is 3.43. The minimum absolute atomic E-state index is 0.0838. The van der Waals surface area contributed by atoms with Crippen LogP contribution in [-0.2, 0) is 20.9 Å². The fraction of sp³-hybridized carbons (Fsp3) is 0.471. The van der Waals surface area contributed by atoms with Gasteiger partial charge >= 0.3 is 11.8 Å². The maximum atomic E-state index is 12.5. The summed E-state index contributed by atoms with van der Waals surface area (Å²) in [6.07, 6.45) is 0. The molecule has 2 atom stereocenters. The number of piperazine rings is 2. The van der Waals surface area contributed by atoms with E-state index in [9.17, 15) is 14.4 Å². The molecule has 3 rings (SSSR count). The third-order valence-corrected chi connectivity index (χ3v) is 5.17. The normalized spacial score (nSPS) is 22.2. The molecule has 1 aromatic rings. The molecular weight excluding hydrogens is 344 g/mol. The van der Waals surface area contributed by atoms with Gasteiger partial charge in [-0.05, 0) is 18.6 Å². The van der Waals surface area contributed by atoms with E-state index in [0.717, 1.165) is 5.56 Å². The molecule has 0 spiro atoms. The van der Waals surface area contributed by atoms with Crippen molar-refractivity contribution < 1.29 is 14.4 Å². The molecule has 0 bridgehead atoms. The molecule has 0 aliphatic carbocycles. The predicted octanol–water partition coefficient (Wildman–Crippen LogP) is -0.0127. The van der Waals surface area contributed by atoms with Crippen molar-refractivity contribution in [3.63, 3.8) is 0 Å². The van der Waals surface area contributed by atoms with Gasteiger partial charge in [-0.15, -0.1) is 0 Å². The first-order valence-corrected chi connectivity index (χ1v) is 8.69. The Kier molecular flexibility index (Phi) is 5.24. The van der Waals surface area contributed by atoms with Crippen molar-refractivity contribution in [3.05, 3.63) is 34.9 Å². The van der Waals surface area contributed by atoms with Crippen molar-refractivity contribution in [3.8, 4) is 0 Å². The van der Waals surface area contributed by atoms with E-state index in [4.69, 9.17) is 11.6 Å². The van der Waals surface area contributed by atoms with Gasteiger partial charge in [0.2, 0.25) is 5.91 Å². The second-order valence-electron chi connectivity index (χ2n) is 6.34. The summed E-state index contributed by atoms with van der Waals surface area (Å²) in [6.45, 7) is 4.23. The van der Waals surface area contributed by atoms with Crippen LogP contribution in [0.5, 0.6) is 0 Å². The zero-order chi connectivity index (χ0) is 18.0. The number of rotatable bonds is 4. The Bertz CT molecular complexity index is 696. The third-order valence-electron chi connectivity index (χ3n) is 4.81. The fourth-order valence-electron chi connectivity index (χ4n) is 3.23. The summed E-state index contributed by atoms with van der Waals surface area (Å²) >= 11 is 6.10. The molecule has 0 radical (unpaired) electrons. The zero-order valence-corrected chi connectivity index (χ0v) is 14.8. The van der Waals surface area contributed by atoms with Gasteiger partial charge in [-0.2, -0.15) is 0 Å². The summed E-state index contributed by atoms with van der Waals surface area (Å²) in [7, 11) is 0. The van der Waals surface area contributed by atoms with Crippen LogP contribution in [0.3, 0.4) is 0 Å². The third kappa shape index (κ3) is 3.77. The lowest BCUT2D eigenvalue weighted by atomic mass is 10.1. The first kappa shape index (κ1) is 17.7. The number of carbonyl (C=O) groups is 3. The predicted molar refractivity (Wildman–Crippen MR) is 92.8 cm³/mol. The SMILES string of the molecule is C[C@H](C(=O)NCc1ccccc1Cl)N1CCN2C(=O)C(=O)NC[C@H]2C1. The molecule has 3 amide bonds. The summed E-state index contributed by atoms with van der Waals surface area (Å²) in [5.41, 5.74) is 0.870. The van der Waals surface area contributed by atoms with E-state index >= 15 is 0 Å². The van der Waals surface area contributed by atoms with E-state index in [1.165, 1.54) is 0 Å². The number of amides is 3. The van der Waals surface area contributed by atoms with E-state index in [-0.39, 0.29) is 18.0 Å². The minimum Gasteiger partial charge on any atom is -0.351 e. The van der Waals surface area contributed by atoms with Crippen LogP contribution in [-0.4, -0.2) is 65.8 Å². The number of nitrogens with one attached hydrogen (secondary N) is 2. The van der Waals surface area contributed by atoms with E-state index in [0.29, 0.717) is 37.7 Å². The van der Waals surface area contributed by atoms with Gasteiger partial charge in [-0.3, -0.25) is 19.3 Å². The van der Waals surface area contributed by atoms with Crippen molar-refractivity contribution in [2.75, 3.05) is 26.2 Å². The zero-order valence-electron chi connectivity index (χ0n) is 14.0. The number of halogens is 1. The van der Waals surface area contributed by atoms with E-state index in [1.807, 2.05) is 30.0 Å². The molecule has 2 heterocycles. The molecule has 2 saturated heterocycles. The summed E-state index contributed by atoms with van der Waals surface area (Å²) in [5, 5.41) is 6.14. The molecule has 2 fully saturated rings. The molecule has 8 heteroatoms. The smallest absolute Gasteiger partial charge is 0.312 e. The number of hydrogen-bond donors (Lipinski definition) is 2. The number of nitrogens with zero attached hydrogens (tertiary/aromatic N) is 2. The first-order chi connectivity index (χ1) is 12.0. The Morgan fingerprint density at radius 3 is 2.88 bits per heavy atom. The molecule has 2 N–H and O–H groups in total. The Balaban J connectivity index is 1.55. The molecule has 7 nitrogen and oxygen atoms in total. The number of hydrogen-bond acceptors (Lipinski definition) is 4. The van der Waals surface area contributed by atoms with Gasteiger partial charge in [0.1, 0.15) is 0 Å². The maximum Gasteiger partial charge on any atom is 0.312 e. The molecule has 1 aromatic carbocycles. The lowest BCUT2D eigenvalue weighted by molar-refractivity contribution is -0.153. The van der Waals surface area contributed by atoms with Crippen molar-refractivity contribution in [2.45, 2.75) is 25.6 Å². The first-order valence-electron chi connectivity index (χ1n) is 8.31. The Morgan fingerprint density at radius 2 is 2.12 bits per heavy atom. The van der Waals surface area contributed by atoms with Gasteiger partial charge in [0.25, 0.3) is 0 Å². The average molecular weight is 365 g/mol. The van der Waals surface area contributed by atoms with Gasteiger partial charge in [-0.25, -0.2) is 0 Å². The summed E-state index contributed by atoms with van der Waals surface area (Å²) < 4.78 is 0. The molecule has 0 saturated carbocycles. The van der Waals surface area contributed by atoms with Crippen molar-refractivity contribution in [1.29, 1.82) is 0 Å². The van der Waals surface area contributed by atoms with Gasteiger partial charge in [-0.1, -0.05) is 29.8 Å². The Hall–Kier alpha value is -2.12. The minimum atomic E-state index is -0.546. The maximum absolute atomic E-state index is 12.5. The number of fused-ring (bicyclic) bond motifs is 1. The van der Waals surface area contributed by atoms with Crippen molar-refractivity contribution in [2.24, 2.45) is 0 Å². The van der Waals surface area contributed by atoms with E-state index in [2.05, 4.69) is 10.6 Å². The van der Waals surface area contributed by atoms with Gasteiger partial charge in [0, 0.05) is 37.7 Å². The van der Waals surface area contributed by atoms with Crippen LogP contribution < -0.4 is 10.6 Å². The topological polar surface area (TPSA) is 81.8 Å². The highest BCUT2D eigenvalue weighted by Gasteiger charge is 2.39. The Morgan fingerprint density at radius 1 is 1.36 bits per heavy atom. The standard InChI is InChI=1S/C17H21ClN4O3/c1-11(15(23)19-8-12-4-2-3-5-14(12)18)21-6-7-22-13(10-21)9-20-16(24)17(22)25/h2-5,11,13H,6-10H2,1H3,(H,19,23)(H,20,24)/t11-,13+/m1/s1. The van der Waals surface area contributed by atoms with Crippen LogP contribution in [0.25, 0.3) is 0 Å². The van der Waals surface area contributed by atoms with Crippen molar-refractivity contribution in [1.82, 2.24) is 20.4 Å². The molecule has 134 valence electrons. The van der Waals surface area contributed by atoms with Gasteiger partial charge in [0.15, 0.2) is 0 Å². The molecule has 25 heavy (non-hydrogen) atoms. The molecule has 0 aromatic heterocycles. The highest BCUT2D eigenvalue weighted by Crippen LogP contribution is 2.17. The summed E-state index contributed by atoms with van der Waals surface area (Å²) in [5.74, 6) is -1.11. The van der Waals surface area contributed by atoms with Crippen LogP contribution in [0.1, 0.15) is 12.5 Å². The second kappa shape index (κ2) is 7.41. The second-order valence-corrected chi connectivity index (χ2v) is 6.75. The van der Waals surface area contributed by atoms with Gasteiger partial charge < -0.3 is 15.5 Å². The van der Waals surface area contributed by atoms with E-state index < -0.39 is 11.8 Å². The van der Waals surface area contributed by atoms with Crippen LogP contribution in [0.15, 0.2) is 24.3 Å². The number of benzene rings is 1. The number of carbonyl (C=O) groups excluding carboxylic acids is 3. The molecule has 2 aliphatic rings. The van der Waals surface area contributed by atoms with E-state index in [1.54, 1.807) is 11.0 Å². The summed E-state index contributed by atoms with van der Waals surface area (Å²) in [6, 6.07) is 6.99. The van der Waals surface area contributed by atoms with Crippen LogP contribution in [0.2, 0.25) is 5.02 Å². The van der Waals surface area contributed by atoms with Crippen molar-refractivity contribution >= 4 is 29.3 Å². The molecule has 0 unspecified atom stereocenters. The molecular formula is C17H21ClN4O3. The van der Waals surface area contributed by atoms with Crippen LogP contribution >= 0.6 is 11.6 Å². The lowest BCUT2D eigenvalue weighted by Crippen LogP contribution is -2.67. The highest BCUT2D eigenvalue weighted by molar-refractivity contribution is 6.35. The largest absolute Gasteiger partial charge is 0.351 e. The van der Waals surface area contributed by atoms with Crippen LogP contribution in [0, 0.1) is 0 Å². The van der Waals surface area contributed by atoms with Gasteiger partial charge in [0.05, 0.1) is 12.1 Å². The highest BCUT2D eigenvalue weighted by atomic mass is 35.5. The lowest BCUT2D eigenvalue weighted by Gasteiger charge is -2.44. The quantitative estimate of drug-likeness (QED) is 0.736.